The van der Waals surface area contributed by atoms with Crippen LogP contribution in [0.4, 0.5) is 0 Å². The highest BCUT2D eigenvalue weighted by Gasteiger charge is 2.45. The van der Waals surface area contributed by atoms with Crippen molar-refractivity contribution in [2.45, 2.75) is 18.4 Å². The summed E-state index contributed by atoms with van der Waals surface area (Å²) < 4.78 is 0. The minimum absolute atomic E-state index is 0.0370. The van der Waals surface area contributed by atoms with Crippen LogP contribution in [0.1, 0.15) is 18.4 Å². The van der Waals surface area contributed by atoms with Gasteiger partial charge in [-0.15, -0.1) is 0 Å². The van der Waals surface area contributed by atoms with Gasteiger partial charge in [0, 0.05) is 5.02 Å². The lowest BCUT2D eigenvalue weighted by atomic mass is 10.1. The summed E-state index contributed by atoms with van der Waals surface area (Å²) in [4.78, 5) is 11.2. The average Bonchev–Trinajstić information content (AvgIpc) is 3.00. The second-order valence-corrected chi connectivity index (χ2v) is 4.28. The van der Waals surface area contributed by atoms with Crippen molar-refractivity contribution in [3.63, 3.8) is 0 Å². The highest BCUT2D eigenvalue weighted by Crippen LogP contribution is 2.45. The van der Waals surface area contributed by atoms with E-state index in [-0.39, 0.29) is 18.0 Å². The zero-order chi connectivity index (χ0) is 10.9. The van der Waals surface area contributed by atoms with Crippen molar-refractivity contribution < 1.29 is 4.79 Å². The smallest absolute Gasteiger partial charge is 0.234 e. The van der Waals surface area contributed by atoms with Crippen molar-refractivity contribution >= 4 is 17.5 Å². The molecule has 1 amide bonds. The van der Waals surface area contributed by atoms with Crippen LogP contribution < -0.4 is 11.1 Å². The van der Waals surface area contributed by atoms with Crippen LogP contribution in [-0.4, -0.2) is 12.5 Å². The number of amides is 1. The number of hydrogen-bond donors (Lipinski definition) is 2. The normalized spacial score (nSPS) is 17.2. The summed E-state index contributed by atoms with van der Waals surface area (Å²) in [6.07, 6.45) is 1.95. The molecule has 0 aliphatic heterocycles. The molecule has 0 bridgehead atoms. The monoisotopic (exact) mass is 224 g/mol. The number of nitrogens with one attached hydrogen (secondary N) is 1. The second-order valence-electron chi connectivity index (χ2n) is 3.84. The minimum atomic E-state index is -0.180. The molecule has 0 aromatic heterocycles. The third kappa shape index (κ3) is 2.13. The number of rotatable bonds is 3. The van der Waals surface area contributed by atoms with Crippen LogP contribution in [0.2, 0.25) is 5.02 Å². The Labute approximate surface area is 93.6 Å². The molecule has 0 heterocycles. The van der Waals surface area contributed by atoms with E-state index in [1.165, 1.54) is 0 Å². The molecule has 2 rings (SSSR count). The summed E-state index contributed by atoms with van der Waals surface area (Å²) in [6.45, 7) is 0.0370. The fraction of sp³-hybridized carbons (Fsp3) is 0.364. The van der Waals surface area contributed by atoms with Gasteiger partial charge in [0.25, 0.3) is 0 Å². The van der Waals surface area contributed by atoms with Gasteiger partial charge in [-0.1, -0.05) is 23.7 Å². The van der Waals surface area contributed by atoms with Gasteiger partial charge in [-0.3, -0.25) is 4.79 Å². The molecule has 1 aliphatic rings. The Morgan fingerprint density at radius 3 is 2.47 bits per heavy atom. The summed E-state index contributed by atoms with van der Waals surface area (Å²) in [5.41, 5.74) is 6.20. The van der Waals surface area contributed by atoms with Gasteiger partial charge in [-0.25, -0.2) is 0 Å². The molecule has 0 unspecified atom stereocenters. The van der Waals surface area contributed by atoms with Gasteiger partial charge in [0.15, 0.2) is 0 Å². The van der Waals surface area contributed by atoms with Crippen molar-refractivity contribution in [3.05, 3.63) is 34.9 Å². The summed E-state index contributed by atoms with van der Waals surface area (Å²) >= 11 is 5.81. The topological polar surface area (TPSA) is 55.1 Å². The quantitative estimate of drug-likeness (QED) is 0.816. The van der Waals surface area contributed by atoms with Crippen LogP contribution in [-0.2, 0) is 10.3 Å². The first-order valence-corrected chi connectivity index (χ1v) is 5.31. The Morgan fingerprint density at radius 2 is 2.00 bits per heavy atom. The molecule has 1 aromatic carbocycles. The predicted molar refractivity (Wildman–Crippen MR) is 59.6 cm³/mol. The predicted octanol–water partition coefficient (Wildman–Crippen LogP) is 1.40. The Hall–Kier alpha value is -1.06. The van der Waals surface area contributed by atoms with E-state index in [9.17, 15) is 4.79 Å². The maximum Gasteiger partial charge on any atom is 0.234 e. The Kier molecular flexibility index (Phi) is 2.67. The van der Waals surface area contributed by atoms with Crippen LogP contribution in [0.3, 0.4) is 0 Å². The van der Waals surface area contributed by atoms with Gasteiger partial charge in [0.1, 0.15) is 0 Å². The van der Waals surface area contributed by atoms with Crippen molar-refractivity contribution in [2.24, 2.45) is 5.73 Å². The van der Waals surface area contributed by atoms with Crippen LogP contribution in [0, 0.1) is 0 Å². The molecule has 0 atom stereocenters. The van der Waals surface area contributed by atoms with E-state index in [4.69, 9.17) is 17.3 Å². The maximum atomic E-state index is 11.2. The van der Waals surface area contributed by atoms with Crippen molar-refractivity contribution in [1.29, 1.82) is 0 Å². The Bertz CT molecular complexity index is 371. The SMILES string of the molecule is NCC(=O)NC1(c2ccc(Cl)cc2)CC1. The molecule has 3 nitrogen and oxygen atoms in total. The molecule has 0 spiro atoms. The third-order valence-electron chi connectivity index (χ3n) is 2.71. The average molecular weight is 225 g/mol. The summed E-state index contributed by atoms with van der Waals surface area (Å²) in [6, 6.07) is 7.58. The number of hydrogen-bond acceptors (Lipinski definition) is 2. The summed E-state index contributed by atoms with van der Waals surface area (Å²) in [5, 5.41) is 3.65. The number of nitrogens with two attached hydrogens (primary N) is 1. The second kappa shape index (κ2) is 3.83. The van der Waals surface area contributed by atoms with Crippen LogP contribution in [0.5, 0.6) is 0 Å². The maximum absolute atomic E-state index is 11.2. The van der Waals surface area contributed by atoms with Gasteiger partial charge in [-0.05, 0) is 30.5 Å². The lowest BCUT2D eigenvalue weighted by Gasteiger charge is -2.17. The lowest BCUT2D eigenvalue weighted by Crippen LogP contribution is -2.38. The molecule has 80 valence electrons. The van der Waals surface area contributed by atoms with Gasteiger partial charge in [0.05, 0.1) is 12.1 Å². The third-order valence-corrected chi connectivity index (χ3v) is 2.96. The highest BCUT2D eigenvalue weighted by atomic mass is 35.5. The molecule has 1 saturated carbocycles. The van der Waals surface area contributed by atoms with Crippen molar-refractivity contribution in [1.82, 2.24) is 5.32 Å². The Morgan fingerprint density at radius 1 is 1.40 bits per heavy atom. The first-order valence-electron chi connectivity index (χ1n) is 4.93. The fourth-order valence-corrected chi connectivity index (χ4v) is 1.82. The Balaban J connectivity index is 2.16. The van der Waals surface area contributed by atoms with Crippen LogP contribution in [0.15, 0.2) is 24.3 Å². The van der Waals surface area contributed by atoms with Crippen LogP contribution in [0.25, 0.3) is 0 Å². The standard InChI is InChI=1S/C11H13ClN2O/c12-9-3-1-8(2-4-9)11(5-6-11)14-10(15)7-13/h1-4H,5-7,13H2,(H,14,15). The van der Waals surface area contributed by atoms with E-state index in [1.54, 1.807) is 0 Å². The fourth-order valence-electron chi connectivity index (χ4n) is 1.70. The number of carbonyl (C=O) groups is 1. The first-order chi connectivity index (χ1) is 7.16. The molecular weight excluding hydrogens is 212 g/mol. The number of benzene rings is 1. The molecule has 3 N–H and O–H groups in total. The van der Waals surface area contributed by atoms with E-state index in [0.717, 1.165) is 18.4 Å². The minimum Gasteiger partial charge on any atom is -0.345 e. The van der Waals surface area contributed by atoms with Crippen molar-refractivity contribution in [2.75, 3.05) is 6.54 Å². The summed E-state index contributed by atoms with van der Waals surface area (Å²) in [7, 11) is 0. The van der Waals surface area contributed by atoms with Gasteiger partial charge in [-0.2, -0.15) is 0 Å². The van der Waals surface area contributed by atoms with E-state index in [1.807, 2.05) is 24.3 Å². The van der Waals surface area contributed by atoms with E-state index < -0.39 is 0 Å². The largest absolute Gasteiger partial charge is 0.345 e. The molecule has 15 heavy (non-hydrogen) atoms. The lowest BCUT2D eigenvalue weighted by molar-refractivity contribution is -0.120. The van der Waals surface area contributed by atoms with E-state index in [2.05, 4.69) is 5.32 Å². The first kappa shape index (κ1) is 10.5. The molecular formula is C11H13ClN2O. The molecule has 1 aromatic rings. The van der Waals surface area contributed by atoms with Crippen LogP contribution >= 0.6 is 11.6 Å². The van der Waals surface area contributed by atoms with E-state index >= 15 is 0 Å². The number of halogens is 1. The number of carbonyl (C=O) groups excluding carboxylic acids is 1. The van der Waals surface area contributed by atoms with Gasteiger partial charge < -0.3 is 11.1 Å². The van der Waals surface area contributed by atoms with Crippen molar-refractivity contribution in [3.8, 4) is 0 Å². The zero-order valence-electron chi connectivity index (χ0n) is 8.29. The van der Waals surface area contributed by atoms with Gasteiger partial charge >= 0.3 is 0 Å². The molecule has 4 heteroatoms. The summed E-state index contributed by atoms with van der Waals surface area (Å²) in [5.74, 6) is -0.109. The molecule has 0 saturated heterocycles. The zero-order valence-corrected chi connectivity index (χ0v) is 9.05. The molecule has 1 fully saturated rings. The molecule has 1 aliphatic carbocycles. The van der Waals surface area contributed by atoms with E-state index in [0.29, 0.717) is 5.02 Å². The highest BCUT2D eigenvalue weighted by molar-refractivity contribution is 6.30. The van der Waals surface area contributed by atoms with Gasteiger partial charge in [0.2, 0.25) is 5.91 Å². The molecule has 0 radical (unpaired) electrons.